The number of imidazole rings is 1. The van der Waals surface area contributed by atoms with E-state index in [1.165, 1.54) is 11.8 Å². The predicted octanol–water partition coefficient (Wildman–Crippen LogP) is 3.44. The van der Waals surface area contributed by atoms with Gasteiger partial charge in [-0.05, 0) is 32.0 Å². The van der Waals surface area contributed by atoms with E-state index in [9.17, 15) is 0 Å². The zero-order valence-corrected chi connectivity index (χ0v) is 16.9. The van der Waals surface area contributed by atoms with Crippen LogP contribution in [0, 0.1) is 13.8 Å². The van der Waals surface area contributed by atoms with E-state index in [0.717, 1.165) is 28.4 Å². The number of aryl methyl sites for hydroxylation is 2. The SMILES string of the molecule is COc1ccc(-c2nc(SCc3cn4c(C)cc(C)nc4n3)n[nH]2)c(OC)c1. The van der Waals surface area contributed by atoms with Crippen LogP contribution in [0.25, 0.3) is 17.2 Å². The van der Waals surface area contributed by atoms with Crippen molar-refractivity contribution in [3.8, 4) is 22.9 Å². The number of benzene rings is 1. The molecule has 4 aromatic rings. The molecule has 9 heteroatoms. The van der Waals surface area contributed by atoms with Crippen molar-refractivity contribution < 1.29 is 9.47 Å². The zero-order valence-electron chi connectivity index (χ0n) is 16.1. The molecule has 8 nitrogen and oxygen atoms in total. The zero-order chi connectivity index (χ0) is 19.7. The molecule has 0 amide bonds. The van der Waals surface area contributed by atoms with Gasteiger partial charge in [0.1, 0.15) is 11.5 Å². The molecule has 144 valence electrons. The van der Waals surface area contributed by atoms with Gasteiger partial charge >= 0.3 is 0 Å². The Morgan fingerprint density at radius 1 is 1.07 bits per heavy atom. The quantitative estimate of drug-likeness (QED) is 0.499. The van der Waals surface area contributed by atoms with Gasteiger partial charge in [0, 0.05) is 29.4 Å². The summed E-state index contributed by atoms with van der Waals surface area (Å²) in [5, 5.41) is 7.92. The highest BCUT2D eigenvalue weighted by molar-refractivity contribution is 7.98. The summed E-state index contributed by atoms with van der Waals surface area (Å²) in [6.07, 6.45) is 2.00. The Morgan fingerprint density at radius 3 is 2.71 bits per heavy atom. The molecular formula is C19H20N6O2S. The van der Waals surface area contributed by atoms with Gasteiger partial charge < -0.3 is 9.47 Å². The van der Waals surface area contributed by atoms with Gasteiger partial charge in [0.05, 0.1) is 25.5 Å². The van der Waals surface area contributed by atoms with Gasteiger partial charge in [0.25, 0.3) is 0 Å². The van der Waals surface area contributed by atoms with Crippen LogP contribution in [0.4, 0.5) is 0 Å². The summed E-state index contributed by atoms with van der Waals surface area (Å²) in [7, 11) is 3.24. The standard InChI is InChI=1S/C19H20N6O2S/c1-11-7-12(2)25-9-13(21-18(25)20-11)10-28-19-22-17(23-24-19)15-6-5-14(26-3)8-16(15)27-4/h5-9H,10H2,1-4H3,(H,22,23,24). The minimum atomic E-state index is 0.644. The van der Waals surface area contributed by atoms with Crippen molar-refractivity contribution in [1.82, 2.24) is 29.5 Å². The number of thioether (sulfide) groups is 1. The molecule has 0 fully saturated rings. The molecule has 1 N–H and O–H groups in total. The number of methoxy groups -OCH3 is 2. The minimum Gasteiger partial charge on any atom is -0.497 e. The third-order valence-electron chi connectivity index (χ3n) is 4.29. The van der Waals surface area contributed by atoms with Crippen LogP contribution in [0.1, 0.15) is 17.1 Å². The maximum absolute atomic E-state index is 5.44. The van der Waals surface area contributed by atoms with Gasteiger partial charge in [-0.25, -0.2) is 15.0 Å². The van der Waals surface area contributed by atoms with Gasteiger partial charge in [-0.1, -0.05) is 11.8 Å². The Balaban J connectivity index is 1.52. The largest absolute Gasteiger partial charge is 0.497 e. The topological polar surface area (TPSA) is 90.2 Å². The van der Waals surface area contributed by atoms with Crippen LogP contribution >= 0.6 is 11.8 Å². The van der Waals surface area contributed by atoms with Crippen LogP contribution < -0.4 is 9.47 Å². The molecule has 0 aliphatic heterocycles. The normalized spacial score (nSPS) is 11.1. The summed E-state index contributed by atoms with van der Waals surface area (Å²) in [6.45, 7) is 4.02. The van der Waals surface area contributed by atoms with Gasteiger partial charge in [0.15, 0.2) is 5.82 Å². The average Bonchev–Trinajstić information content (AvgIpc) is 3.32. The number of aromatic amines is 1. The highest BCUT2D eigenvalue weighted by Crippen LogP contribution is 2.32. The maximum Gasteiger partial charge on any atom is 0.234 e. The van der Waals surface area contributed by atoms with Gasteiger partial charge in [-0.15, -0.1) is 5.10 Å². The summed E-state index contributed by atoms with van der Waals surface area (Å²) >= 11 is 1.51. The molecule has 0 aliphatic carbocycles. The van der Waals surface area contributed by atoms with Crippen molar-refractivity contribution in [3.05, 3.63) is 47.5 Å². The van der Waals surface area contributed by atoms with Crippen LogP contribution in [-0.2, 0) is 5.75 Å². The van der Waals surface area contributed by atoms with Crippen LogP contribution in [0.3, 0.4) is 0 Å². The molecule has 3 heterocycles. The lowest BCUT2D eigenvalue weighted by molar-refractivity contribution is 0.395. The van der Waals surface area contributed by atoms with E-state index >= 15 is 0 Å². The summed E-state index contributed by atoms with van der Waals surface area (Å²) in [6, 6.07) is 7.61. The Kier molecular flexibility index (Phi) is 4.91. The fourth-order valence-electron chi connectivity index (χ4n) is 2.95. The van der Waals surface area contributed by atoms with Crippen molar-refractivity contribution in [2.24, 2.45) is 0 Å². The smallest absolute Gasteiger partial charge is 0.234 e. The highest BCUT2D eigenvalue weighted by Gasteiger charge is 2.13. The summed E-state index contributed by atoms with van der Waals surface area (Å²) in [5.74, 6) is 3.40. The Hall–Kier alpha value is -3.07. The lowest BCUT2D eigenvalue weighted by atomic mass is 10.2. The Morgan fingerprint density at radius 2 is 1.93 bits per heavy atom. The molecule has 3 aromatic heterocycles. The first kappa shape index (κ1) is 18.3. The summed E-state index contributed by atoms with van der Waals surface area (Å²) in [5.41, 5.74) is 3.82. The lowest BCUT2D eigenvalue weighted by Crippen LogP contribution is -1.94. The van der Waals surface area contributed by atoms with Gasteiger partial charge in [-0.2, -0.15) is 0 Å². The maximum atomic E-state index is 5.44. The molecule has 0 unspecified atom stereocenters. The van der Waals surface area contributed by atoms with Crippen molar-refractivity contribution in [3.63, 3.8) is 0 Å². The molecule has 0 saturated carbocycles. The van der Waals surface area contributed by atoms with Crippen LogP contribution in [0.15, 0.2) is 35.6 Å². The molecule has 28 heavy (non-hydrogen) atoms. The monoisotopic (exact) mass is 396 g/mol. The molecule has 0 radical (unpaired) electrons. The summed E-state index contributed by atoms with van der Waals surface area (Å²) in [4.78, 5) is 13.6. The fraction of sp³-hybridized carbons (Fsp3) is 0.263. The highest BCUT2D eigenvalue weighted by atomic mass is 32.2. The molecule has 0 spiro atoms. The van der Waals surface area contributed by atoms with Crippen LogP contribution in [0.5, 0.6) is 11.5 Å². The number of hydrogen-bond donors (Lipinski definition) is 1. The van der Waals surface area contributed by atoms with Crippen molar-refractivity contribution >= 4 is 17.5 Å². The third kappa shape index (κ3) is 3.53. The van der Waals surface area contributed by atoms with E-state index in [1.807, 2.05) is 48.7 Å². The number of nitrogens with zero attached hydrogens (tertiary/aromatic N) is 5. The van der Waals surface area contributed by atoms with Crippen molar-refractivity contribution in [1.29, 1.82) is 0 Å². The molecule has 0 saturated heterocycles. The van der Waals surface area contributed by atoms with Gasteiger partial charge in [-0.3, -0.25) is 9.50 Å². The third-order valence-corrected chi connectivity index (χ3v) is 5.17. The van der Waals surface area contributed by atoms with E-state index in [4.69, 9.17) is 9.47 Å². The van der Waals surface area contributed by atoms with E-state index in [2.05, 4.69) is 25.1 Å². The molecule has 4 rings (SSSR count). The van der Waals surface area contributed by atoms with E-state index in [0.29, 0.717) is 28.3 Å². The van der Waals surface area contributed by atoms with E-state index in [1.54, 1.807) is 14.2 Å². The number of fused-ring (bicyclic) bond motifs is 1. The Labute approximate surface area is 166 Å². The van der Waals surface area contributed by atoms with Crippen molar-refractivity contribution in [2.45, 2.75) is 24.8 Å². The van der Waals surface area contributed by atoms with Crippen molar-refractivity contribution in [2.75, 3.05) is 14.2 Å². The van der Waals surface area contributed by atoms with E-state index in [-0.39, 0.29) is 0 Å². The first-order valence-corrected chi connectivity index (χ1v) is 9.66. The minimum absolute atomic E-state index is 0.644. The van der Waals surface area contributed by atoms with Crippen LogP contribution in [0.2, 0.25) is 0 Å². The number of hydrogen-bond acceptors (Lipinski definition) is 7. The molecule has 1 aromatic carbocycles. The van der Waals surface area contributed by atoms with Gasteiger partial charge in [0.2, 0.25) is 10.9 Å². The number of nitrogens with one attached hydrogen (secondary N) is 1. The molecule has 0 aliphatic rings. The second-order valence-corrected chi connectivity index (χ2v) is 7.21. The number of rotatable bonds is 6. The number of ether oxygens (including phenoxy) is 2. The molecule has 0 bridgehead atoms. The fourth-order valence-corrected chi connectivity index (χ4v) is 3.63. The predicted molar refractivity (Wildman–Crippen MR) is 107 cm³/mol. The second kappa shape index (κ2) is 7.51. The molecule has 0 atom stereocenters. The summed E-state index contributed by atoms with van der Waals surface area (Å²) < 4.78 is 12.7. The van der Waals surface area contributed by atoms with Crippen LogP contribution in [-0.4, -0.2) is 43.8 Å². The van der Waals surface area contributed by atoms with E-state index < -0.39 is 0 Å². The first-order chi connectivity index (χ1) is 13.6. The lowest BCUT2D eigenvalue weighted by Gasteiger charge is -2.07. The average molecular weight is 396 g/mol. The second-order valence-electron chi connectivity index (χ2n) is 6.26. The number of H-pyrrole nitrogens is 1. The molecular weight excluding hydrogens is 376 g/mol. The number of aromatic nitrogens is 6. The first-order valence-electron chi connectivity index (χ1n) is 8.67. The Bertz CT molecular complexity index is 1140.